The summed E-state index contributed by atoms with van der Waals surface area (Å²) in [5.41, 5.74) is 2.68. The van der Waals surface area contributed by atoms with Gasteiger partial charge in [-0.15, -0.1) is 0 Å². The molecule has 3 aromatic carbocycles. The summed E-state index contributed by atoms with van der Waals surface area (Å²) in [5, 5.41) is 8.84. The molecule has 0 atom stereocenters. The minimum atomic E-state index is -1.08. The molecule has 0 radical (unpaired) electrons. The number of carboxylic acids is 1. The van der Waals surface area contributed by atoms with Crippen LogP contribution in [0.25, 0.3) is 11.1 Å². The zero-order valence-electron chi connectivity index (χ0n) is 20.5. The largest absolute Gasteiger partial charge is 0.496 e. The van der Waals surface area contributed by atoms with Crippen LogP contribution in [0.4, 0.5) is 8.78 Å². The molecular formula is C28H29F2NO6. The molecule has 0 bridgehead atoms. The summed E-state index contributed by atoms with van der Waals surface area (Å²) >= 11 is 0. The van der Waals surface area contributed by atoms with Crippen LogP contribution in [0, 0.1) is 11.6 Å². The van der Waals surface area contributed by atoms with Crippen molar-refractivity contribution in [2.24, 2.45) is 0 Å². The molecule has 0 saturated carbocycles. The second-order valence-electron chi connectivity index (χ2n) is 8.32. The predicted molar refractivity (Wildman–Crippen MR) is 133 cm³/mol. The molecule has 4 rings (SSSR count). The lowest BCUT2D eigenvalue weighted by Gasteiger charge is -2.15. The van der Waals surface area contributed by atoms with Crippen molar-refractivity contribution in [1.29, 1.82) is 0 Å². The van der Waals surface area contributed by atoms with E-state index in [2.05, 4.69) is 0 Å². The first-order chi connectivity index (χ1) is 17.9. The monoisotopic (exact) mass is 513 g/mol. The van der Waals surface area contributed by atoms with E-state index in [1.54, 1.807) is 36.4 Å². The van der Waals surface area contributed by atoms with Crippen LogP contribution in [0.2, 0.25) is 0 Å². The second kappa shape index (κ2) is 13.9. The summed E-state index contributed by atoms with van der Waals surface area (Å²) in [6.45, 7) is 2.05. The topological polar surface area (TPSA) is 85.3 Å². The fraction of sp³-hybridized carbons (Fsp3) is 0.286. The molecule has 1 aliphatic rings. The lowest BCUT2D eigenvalue weighted by Crippen LogP contribution is -2.27. The summed E-state index contributed by atoms with van der Waals surface area (Å²) in [6, 6.07) is 16.2. The number of rotatable bonds is 10. The van der Waals surface area contributed by atoms with E-state index < -0.39 is 17.6 Å². The molecule has 7 nitrogen and oxygen atoms in total. The number of hydrogen-bond donors (Lipinski definition) is 1. The Hall–Kier alpha value is -3.98. The average molecular weight is 514 g/mol. The summed E-state index contributed by atoms with van der Waals surface area (Å²) in [4.78, 5) is 23.0. The number of aliphatic carboxylic acids is 1. The molecule has 1 saturated heterocycles. The molecule has 1 amide bonds. The van der Waals surface area contributed by atoms with Crippen LogP contribution in [0.3, 0.4) is 0 Å². The molecule has 3 aromatic rings. The number of nitrogens with zero attached hydrogens (tertiary/aromatic N) is 1. The molecule has 0 spiro atoms. The van der Waals surface area contributed by atoms with Crippen LogP contribution in [0.15, 0.2) is 60.7 Å². The minimum absolute atomic E-state index is 0.175. The van der Waals surface area contributed by atoms with Crippen LogP contribution >= 0.6 is 0 Å². The van der Waals surface area contributed by atoms with Crippen molar-refractivity contribution in [2.45, 2.75) is 26.0 Å². The first kappa shape index (κ1) is 27.6. The molecule has 1 fully saturated rings. The quantitative estimate of drug-likeness (QED) is 0.382. The number of halogens is 2. The fourth-order valence-corrected chi connectivity index (χ4v) is 3.69. The van der Waals surface area contributed by atoms with Gasteiger partial charge in [0.05, 0.1) is 7.11 Å². The summed E-state index contributed by atoms with van der Waals surface area (Å²) in [6.07, 6.45) is 3.06. The average Bonchev–Trinajstić information content (AvgIpc) is 3.49. The number of carbonyl (C=O) groups is 2. The van der Waals surface area contributed by atoms with Gasteiger partial charge in [0.1, 0.15) is 24.7 Å². The van der Waals surface area contributed by atoms with E-state index in [1.807, 2.05) is 12.1 Å². The molecular weight excluding hydrogens is 484 g/mol. The third-order valence-electron chi connectivity index (χ3n) is 5.51. The number of benzene rings is 3. The van der Waals surface area contributed by atoms with E-state index in [0.29, 0.717) is 23.3 Å². The van der Waals surface area contributed by atoms with Crippen molar-refractivity contribution >= 4 is 12.4 Å². The SMILES string of the molecule is C1CCOC1.COc1cc(F)c(F)cc1-c1ccc(OCc2cccc(CN(C=O)CC(=O)O)c2)cc1. The van der Waals surface area contributed by atoms with Crippen LogP contribution in [0.5, 0.6) is 11.5 Å². The Morgan fingerprint density at radius 3 is 2.30 bits per heavy atom. The Kier molecular flexibility index (Phi) is 10.4. The van der Waals surface area contributed by atoms with Crippen LogP contribution in [0.1, 0.15) is 24.0 Å². The van der Waals surface area contributed by atoms with E-state index in [4.69, 9.17) is 19.3 Å². The maximum absolute atomic E-state index is 13.7. The molecule has 196 valence electrons. The number of carboxylic acid groups (broad SMARTS) is 1. The standard InChI is InChI=1S/C24H21F2NO5.C4H8O/c1-31-23-11-22(26)21(25)10-20(23)18-5-7-19(8-6-18)32-14-17-4-2-3-16(9-17)12-27(15-28)13-24(29)30;1-2-4-5-3-1/h2-11,15H,12-14H2,1H3,(H,29,30);1-4H2. The fourth-order valence-electron chi connectivity index (χ4n) is 3.69. The van der Waals surface area contributed by atoms with Gasteiger partial charge in [0.25, 0.3) is 0 Å². The van der Waals surface area contributed by atoms with E-state index in [0.717, 1.165) is 41.4 Å². The highest BCUT2D eigenvalue weighted by Crippen LogP contribution is 2.33. The van der Waals surface area contributed by atoms with Crippen LogP contribution < -0.4 is 9.47 Å². The zero-order chi connectivity index (χ0) is 26.6. The first-order valence-electron chi connectivity index (χ1n) is 11.7. The van der Waals surface area contributed by atoms with E-state index >= 15 is 0 Å². The molecule has 0 aliphatic carbocycles. The molecule has 37 heavy (non-hydrogen) atoms. The number of hydrogen-bond acceptors (Lipinski definition) is 5. The number of methoxy groups -OCH3 is 1. The van der Waals surface area contributed by atoms with Crippen molar-refractivity contribution in [3.05, 3.63) is 83.4 Å². The summed E-state index contributed by atoms with van der Waals surface area (Å²) in [5.74, 6) is -2.23. The lowest BCUT2D eigenvalue weighted by atomic mass is 10.0. The number of carbonyl (C=O) groups excluding carboxylic acids is 1. The Morgan fingerprint density at radius 2 is 1.70 bits per heavy atom. The van der Waals surface area contributed by atoms with Crippen molar-refractivity contribution in [3.63, 3.8) is 0 Å². The highest BCUT2D eigenvalue weighted by atomic mass is 19.2. The van der Waals surface area contributed by atoms with Gasteiger partial charge in [-0.3, -0.25) is 9.59 Å². The lowest BCUT2D eigenvalue weighted by molar-refractivity contribution is -0.141. The maximum atomic E-state index is 13.7. The van der Waals surface area contributed by atoms with Crippen molar-refractivity contribution in [1.82, 2.24) is 4.90 Å². The molecule has 1 aliphatic heterocycles. The third-order valence-corrected chi connectivity index (χ3v) is 5.51. The van der Waals surface area contributed by atoms with Gasteiger partial charge in [0.15, 0.2) is 11.6 Å². The van der Waals surface area contributed by atoms with Gasteiger partial charge < -0.3 is 24.2 Å². The van der Waals surface area contributed by atoms with Crippen LogP contribution in [-0.2, 0) is 27.5 Å². The van der Waals surface area contributed by atoms with Gasteiger partial charge in [0, 0.05) is 31.4 Å². The first-order valence-corrected chi connectivity index (χ1v) is 11.7. The minimum Gasteiger partial charge on any atom is -0.496 e. The molecule has 9 heteroatoms. The Balaban J connectivity index is 0.000000678. The van der Waals surface area contributed by atoms with E-state index in [1.165, 1.54) is 20.0 Å². The maximum Gasteiger partial charge on any atom is 0.323 e. The van der Waals surface area contributed by atoms with Gasteiger partial charge in [-0.1, -0.05) is 36.4 Å². The van der Waals surface area contributed by atoms with Gasteiger partial charge in [-0.25, -0.2) is 8.78 Å². The summed E-state index contributed by atoms with van der Waals surface area (Å²) in [7, 11) is 1.39. The molecule has 1 heterocycles. The third kappa shape index (κ3) is 8.57. The van der Waals surface area contributed by atoms with Crippen molar-refractivity contribution in [2.75, 3.05) is 26.9 Å². The molecule has 0 unspecified atom stereocenters. The highest BCUT2D eigenvalue weighted by Gasteiger charge is 2.13. The number of ether oxygens (including phenoxy) is 3. The normalized spacial score (nSPS) is 12.3. The summed E-state index contributed by atoms with van der Waals surface area (Å²) < 4.78 is 43.0. The Labute approximate surface area is 214 Å². The Bertz CT molecular complexity index is 1170. The van der Waals surface area contributed by atoms with Gasteiger partial charge in [-0.05, 0) is 47.7 Å². The van der Waals surface area contributed by atoms with E-state index in [-0.39, 0.29) is 25.4 Å². The van der Waals surface area contributed by atoms with Gasteiger partial charge in [-0.2, -0.15) is 0 Å². The highest BCUT2D eigenvalue weighted by molar-refractivity contribution is 5.72. The Morgan fingerprint density at radius 1 is 1.03 bits per heavy atom. The zero-order valence-corrected chi connectivity index (χ0v) is 20.5. The molecule has 0 aromatic heterocycles. The van der Waals surface area contributed by atoms with Crippen molar-refractivity contribution in [3.8, 4) is 22.6 Å². The number of amides is 1. The smallest absolute Gasteiger partial charge is 0.323 e. The van der Waals surface area contributed by atoms with Gasteiger partial charge >= 0.3 is 5.97 Å². The predicted octanol–water partition coefficient (Wildman–Crippen LogP) is 5.06. The van der Waals surface area contributed by atoms with Crippen molar-refractivity contribution < 1.29 is 37.7 Å². The molecule has 1 N–H and O–H groups in total. The van der Waals surface area contributed by atoms with Crippen LogP contribution in [-0.4, -0.2) is 49.3 Å². The second-order valence-corrected chi connectivity index (χ2v) is 8.32. The van der Waals surface area contributed by atoms with Gasteiger partial charge in [0.2, 0.25) is 6.41 Å². The van der Waals surface area contributed by atoms with E-state index in [9.17, 15) is 18.4 Å².